The smallest absolute Gasteiger partial charge is 0.370 e. The lowest BCUT2D eigenvalue weighted by Gasteiger charge is -2.29. The van der Waals surface area contributed by atoms with E-state index in [1.165, 1.54) is 6.07 Å². The monoisotopic (exact) mass is 688 g/mol. The van der Waals surface area contributed by atoms with Crippen molar-refractivity contribution in [3.05, 3.63) is 93.5 Å². The molecule has 0 spiro atoms. The van der Waals surface area contributed by atoms with Crippen molar-refractivity contribution >= 4 is 52.8 Å². The maximum absolute atomic E-state index is 13.4. The minimum Gasteiger partial charge on any atom is -0.370 e. The third kappa shape index (κ3) is 10.5. The van der Waals surface area contributed by atoms with Crippen molar-refractivity contribution in [3.63, 3.8) is 0 Å². The van der Waals surface area contributed by atoms with Crippen molar-refractivity contribution in [2.24, 2.45) is 5.10 Å². The second-order valence-corrected chi connectivity index (χ2v) is 12.8. The van der Waals surface area contributed by atoms with E-state index in [-0.39, 0.29) is 22.7 Å². The van der Waals surface area contributed by atoms with Crippen molar-refractivity contribution in [3.8, 4) is 0 Å². The minimum atomic E-state index is -4.63. The molecule has 1 aliphatic rings. The Hall–Kier alpha value is -3.58. The topological polar surface area (TPSA) is 80.3 Å². The number of benzene rings is 3. The minimum absolute atomic E-state index is 0.105. The van der Waals surface area contributed by atoms with Gasteiger partial charge >= 0.3 is 6.18 Å². The zero-order valence-corrected chi connectivity index (χ0v) is 28.3. The zero-order valence-electron chi connectivity index (χ0n) is 26.7. The second-order valence-electron chi connectivity index (χ2n) is 11.2. The number of rotatable bonds is 13. The number of hydrogen-bond donors (Lipinski definition) is 2. The van der Waals surface area contributed by atoms with Crippen LogP contribution in [0.4, 0.5) is 24.5 Å². The van der Waals surface area contributed by atoms with Gasteiger partial charge in [-0.2, -0.15) is 30.0 Å². The molecule has 0 saturated carbocycles. The fourth-order valence-corrected chi connectivity index (χ4v) is 6.29. The lowest BCUT2D eigenvalue weighted by Crippen LogP contribution is -2.33. The highest BCUT2D eigenvalue weighted by Gasteiger charge is 2.33. The molecule has 4 rings (SSSR count). The van der Waals surface area contributed by atoms with E-state index in [0.717, 1.165) is 80.4 Å². The number of alkyl halides is 3. The first-order valence-corrected chi connectivity index (χ1v) is 17.0. The Labute approximate surface area is 283 Å². The van der Waals surface area contributed by atoms with Gasteiger partial charge in [-0.05, 0) is 73.7 Å². The summed E-state index contributed by atoms with van der Waals surface area (Å²) in [6, 6.07) is 16.0. The summed E-state index contributed by atoms with van der Waals surface area (Å²) in [5, 5.41) is 6.34. The molecule has 1 fully saturated rings. The summed E-state index contributed by atoms with van der Waals surface area (Å²) < 4.78 is 39.8. The predicted molar refractivity (Wildman–Crippen MR) is 186 cm³/mol. The molecule has 2 N–H and O–H groups in total. The molecule has 0 unspecified atom stereocenters. The number of likely N-dealkylation sites (N-methyl/N-ethyl adjacent to an activating group) is 2. The summed E-state index contributed by atoms with van der Waals surface area (Å²) >= 11 is 7.57. The molecular weight excluding hydrogens is 649 g/mol. The van der Waals surface area contributed by atoms with Crippen LogP contribution in [0, 0.1) is 0 Å². The third-order valence-electron chi connectivity index (χ3n) is 7.88. The Kier molecular flexibility index (Phi) is 13.1. The van der Waals surface area contributed by atoms with Crippen molar-refractivity contribution in [1.82, 2.24) is 15.2 Å². The summed E-state index contributed by atoms with van der Waals surface area (Å²) in [5.74, 6) is 0.898. The molecule has 0 radical (unpaired) electrons. The van der Waals surface area contributed by atoms with Crippen molar-refractivity contribution in [2.75, 3.05) is 68.0 Å². The van der Waals surface area contributed by atoms with Gasteiger partial charge in [0.25, 0.3) is 11.8 Å². The van der Waals surface area contributed by atoms with Gasteiger partial charge in [0.2, 0.25) is 0 Å². The molecule has 1 saturated heterocycles. The lowest BCUT2D eigenvalue weighted by molar-refractivity contribution is -0.137. The van der Waals surface area contributed by atoms with Crippen molar-refractivity contribution < 1.29 is 22.8 Å². The number of amides is 2. The van der Waals surface area contributed by atoms with Gasteiger partial charge < -0.3 is 20.0 Å². The van der Waals surface area contributed by atoms with Crippen LogP contribution >= 0.6 is 23.4 Å². The number of carbonyl (C=O) groups excluding carboxylic acids is 2. The molecule has 13 heteroatoms. The van der Waals surface area contributed by atoms with Crippen molar-refractivity contribution in [2.45, 2.75) is 26.6 Å². The van der Waals surface area contributed by atoms with Crippen LogP contribution in [-0.2, 0) is 12.7 Å². The Morgan fingerprint density at radius 1 is 1.00 bits per heavy atom. The number of halogens is 4. The first-order chi connectivity index (χ1) is 22.5. The standard InChI is InChI=1S/C34H40ClF3N6O2S/c1-4-43(5-2)14-13-42(3)23-25-7-6-8-26(19-25)32(45)40-31-12-10-27(44-15-17-47-18-16-44)21-28(31)33(46)41-39-22-24-9-11-30(35)29(20-24)34(36,37)38/h6-12,19-22H,4-5,13-18,23H2,1-3H3,(H,40,45)(H,41,46)/b39-22-. The van der Waals surface area contributed by atoms with Crippen LogP contribution < -0.4 is 15.6 Å². The largest absolute Gasteiger partial charge is 0.417 e. The highest BCUT2D eigenvalue weighted by Crippen LogP contribution is 2.35. The maximum atomic E-state index is 13.4. The first-order valence-electron chi connectivity index (χ1n) is 15.5. The van der Waals surface area contributed by atoms with Crippen LogP contribution in [-0.4, -0.2) is 85.7 Å². The molecule has 0 atom stereocenters. The highest BCUT2D eigenvalue weighted by atomic mass is 35.5. The number of hydrogen-bond acceptors (Lipinski definition) is 7. The van der Waals surface area contributed by atoms with Crippen LogP contribution in [0.1, 0.15) is 51.3 Å². The fraction of sp³-hybridized carbons (Fsp3) is 0.382. The maximum Gasteiger partial charge on any atom is 0.417 e. The summed E-state index contributed by atoms with van der Waals surface area (Å²) in [7, 11) is 2.05. The van der Waals surface area contributed by atoms with E-state index < -0.39 is 22.7 Å². The number of anilines is 2. The van der Waals surface area contributed by atoms with E-state index in [0.29, 0.717) is 12.1 Å². The molecular formula is C34H40ClF3N6O2S. The van der Waals surface area contributed by atoms with Crippen LogP contribution in [0.2, 0.25) is 5.02 Å². The van der Waals surface area contributed by atoms with Gasteiger partial charge in [-0.3, -0.25) is 9.59 Å². The molecule has 1 heterocycles. The van der Waals surface area contributed by atoms with E-state index in [1.54, 1.807) is 18.2 Å². The number of nitrogens with one attached hydrogen (secondary N) is 2. The van der Waals surface area contributed by atoms with Crippen LogP contribution in [0.15, 0.2) is 65.8 Å². The normalized spacial score (nSPS) is 13.9. The van der Waals surface area contributed by atoms with E-state index in [4.69, 9.17) is 11.6 Å². The third-order valence-corrected chi connectivity index (χ3v) is 9.15. The van der Waals surface area contributed by atoms with E-state index in [2.05, 4.69) is 44.4 Å². The lowest BCUT2D eigenvalue weighted by atomic mass is 10.1. The van der Waals surface area contributed by atoms with Gasteiger partial charge in [-0.1, -0.05) is 43.6 Å². The molecule has 3 aromatic rings. The summed E-state index contributed by atoms with van der Waals surface area (Å²) in [6.45, 7) is 10.4. The van der Waals surface area contributed by atoms with E-state index >= 15 is 0 Å². The average Bonchev–Trinajstić information content (AvgIpc) is 3.06. The number of thioether (sulfide) groups is 1. The average molecular weight is 689 g/mol. The van der Waals surface area contributed by atoms with Gasteiger partial charge in [0.05, 0.1) is 28.1 Å². The first kappa shape index (κ1) is 36.3. The Bertz CT molecular complexity index is 1560. The highest BCUT2D eigenvalue weighted by molar-refractivity contribution is 7.99. The van der Waals surface area contributed by atoms with Gasteiger partial charge in [-0.25, -0.2) is 5.43 Å². The number of hydrazone groups is 1. The Balaban J connectivity index is 1.51. The SMILES string of the molecule is CCN(CC)CCN(C)Cc1cccc(C(=O)Nc2ccc(N3CCSCC3)cc2C(=O)N/N=C\c2ccc(Cl)c(C(F)(F)F)c2)c1. The number of carbonyl (C=O) groups is 2. The molecule has 3 aromatic carbocycles. The van der Waals surface area contributed by atoms with Gasteiger partial charge in [0, 0.05) is 55.5 Å². The van der Waals surface area contributed by atoms with E-state index in [1.807, 2.05) is 43.1 Å². The Morgan fingerprint density at radius 3 is 2.45 bits per heavy atom. The molecule has 0 aromatic heterocycles. The summed E-state index contributed by atoms with van der Waals surface area (Å²) in [5.41, 5.74) is 4.21. The van der Waals surface area contributed by atoms with Gasteiger partial charge in [-0.15, -0.1) is 0 Å². The van der Waals surface area contributed by atoms with E-state index in [9.17, 15) is 22.8 Å². The quantitative estimate of drug-likeness (QED) is 0.154. The zero-order chi connectivity index (χ0) is 34.0. The molecule has 0 bridgehead atoms. The van der Waals surface area contributed by atoms with Gasteiger partial charge in [0.15, 0.2) is 0 Å². The molecule has 252 valence electrons. The molecule has 2 amide bonds. The summed E-state index contributed by atoms with van der Waals surface area (Å²) in [4.78, 5) is 33.6. The Morgan fingerprint density at radius 2 is 1.74 bits per heavy atom. The van der Waals surface area contributed by atoms with Crippen LogP contribution in [0.5, 0.6) is 0 Å². The van der Waals surface area contributed by atoms with Crippen LogP contribution in [0.3, 0.4) is 0 Å². The number of nitrogens with zero attached hydrogens (tertiary/aromatic N) is 4. The molecule has 0 aliphatic carbocycles. The fourth-order valence-electron chi connectivity index (χ4n) is 5.16. The molecule has 47 heavy (non-hydrogen) atoms. The molecule has 1 aliphatic heterocycles. The predicted octanol–water partition coefficient (Wildman–Crippen LogP) is 6.70. The van der Waals surface area contributed by atoms with Gasteiger partial charge in [0.1, 0.15) is 0 Å². The summed E-state index contributed by atoms with van der Waals surface area (Å²) in [6.07, 6.45) is -3.52. The van der Waals surface area contributed by atoms with Crippen LogP contribution in [0.25, 0.3) is 0 Å². The van der Waals surface area contributed by atoms with Crippen molar-refractivity contribution in [1.29, 1.82) is 0 Å². The second kappa shape index (κ2) is 17.0. The molecule has 8 nitrogen and oxygen atoms in total.